The van der Waals surface area contributed by atoms with Gasteiger partial charge in [0.05, 0.1) is 18.8 Å². The average Bonchev–Trinajstić information content (AvgIpc) is 2.47. The second-order valence-corrected chi connectivity index (χ2v) is 5.07. The average molecular weight is 264 g/mol. The first kappa shape index (κ1) is 12.7. The van der Waals surface area contributed by atoms with Crippen LogP contribution in [0.25, 0.3) is 0 Å². The fourth-order valence-corrected chi connectivity index (χ4v) is 2.74. The summed E-state index contributed by atoms with van der Waals surface area (Å²) in [6.07, 6.45) is 0. The van der Waals surface area contributed by atoms with Crippen LogP contribution in [0.5, 0.6) is 11.5 Å². The van der Waals surface area contributed by atoms with Crippen LogP contribution in [-0.2, 0) is 10.3 Å². The highest BCUT2D eigenvalue weighted by Crippen LogP contribution is 2.37. The Kier molecular flexibility index (Phi) is 3.35. The van der Waals surface area contributed by atoms with Crippen molar-refractivity contribution in [1.29, 1.82) is 0 Å². The van der Waals surface area contributed by atoms with Crippen molar-refractivity contribution >= 4 is 0 Å². The molecule has 104 valence electrons. The summed E-state index contributed by atoms with van der Waals surface area (Å²) in [5.74, 6) is 1.61. The highest BCUT2D eigenvalue weighted by atomic mass is 16.6. The van der Waals surface area contributed by atoms with Crippen LogP contribution < -0.4 is 15.2 Å². The highest BCUT2D eigenvalue weighted by Gasteiger charge is 2.38. The zero-order chi connectivity index (χ0) is 13.3. The van der Waals surface area contributed by atoms with E-state index in [-0.39, 0.29) is 5.54 Å². The van der Waals surface area contributed by atoms with E-state index in [4.69, 9.17) is 19.9 Å². The van der Waals surface area contributed by atoms with Gasteiger partial charge in [0.1, 0.15) is 13.2 Å². The zero-order valence-corrected chi connectivity index (χ0v) is 11.2. The molecule has 2 aliphatic rings. The summed E-state index contributed by atoms with van der Waals surface area (Å²) in [7, 11) is 2.09. The van der Waals surface area contributed by atoms with Crippen molar-refractivity contribution in [2.75, 3.05) is 46.6 Å². The Bertz CT molecular complexity index is 466. The monoisotopic (exact) mass is 264 g/mol. The molecule has 5 nitrogen and oxygen atoms in total. The summed E-state index contributed by atoms with van der Waals surface area (Å²) in [6, 6.07) is 6.06. The van der Waals surface area contributed by atoms with E-state index < -0.39 is 0 Å². The van der Waals surface area contributed by atoms with E-state index in [2.05, 4.69) is 18.0 Å². The number of morpholine rings is 1. The van der Waals surface area contributed by atoms with E-state index >= 15 is 0 Å². The number of ether oxygens (including phenoxy) is 3. The minimum Gasteiger partial charge on any atom is -0.486 e. The SMILES string of the molecule is CN1CCOCC1(CN)c1ccc2c(c1)OCCO2. The van der Waals surface area contributed by atoms with Crippen molar-refractivity contribution in [1.82, 2.24) is 4.90 Å². The molecule has 3 rings (SSSR count). The van der Waals surface area contributed by atoms with Gasteiger partial charge in [-0.1, -0.05) is 6.07 Å². The van der Waals surface area contributed by atoms with Crippen molar-refractivity contribution in [2.45, 2.75) is 5.54 Å². The molecule has 0 bridgehead atoms. The van der Waals surface area contributed by atoms with Gasteiger partial charge in [-0.3, -0.25) is 4.90 Å². The van der Waals surface area contributed by atoms with Crippen molar-refractivity contribution in [2.24, 2.45) is 5.73 Å². The van der Waals surface area contributed by atoms with E-state index in [1.165, 1.54) is 0 Å². The molecular formula is C14H20N2O3. The smallest absolute Gasteiger partial charge is 0.161 e. The molecule has 1 atom stereocenters. The maximum absolute atomic E-state index is 6.04. The molecule has 1 aromatic rings. The molecule has 0 aliphatic carbocycles. The number of nitrogens with zero attached hydrogens (tertiary/aromatic N) is 1. The Labute approximate surface area is 113 Å². The first-order valence-corrected chi connectivity index (χ1v) is 6.65. The Hall–Kier alpha value is -1.30. The van der Waals surface area contributed by atoms with Crippen molar-refractivity contribution < 1.29 is 14.2 Å². The van der Waals surface area contributed by atoms with Gasteiger partial charge in [-0.25, -0.2) is 0 Å². The number of likely N-dealkylation sites (N-methyl/N-ethyl adjacent to an activating group) is 1. The summed E-state index contributed by atoms with van der Waals surface area (Å²) in [5.41, 5.74) is 6.90. The van der Waals surface area contributed by atoms with Crippen LogP contribution in [0.2, 0.25) is 0 Å². The Morgan fingerprint density at radius 2 is 2.00 bits per heavy atom. The number of hydrogen-bond donors (Lipinski definition) is 1. The van der Waals surface area contributed by atoms with Crippen LogP contribution in [0, 0.1) is 0 Å². The Balaban J connectivity index is 1.99. The van der Waals surface area contributed by atoms with E-state index in [0.29, 0.717) is 26.4 Å². The van der Waals surface area contributed by atoms with E-state index in [1.807, 2.05) is 12.1 Å². The lowest BCUT2D eigenvalue weighted by atomic mass is 9.87. The highest BCUT2D eigenvalue weighted by molar-refractivity contribution is 5.46. The molecule has 2 N–H and O–H groups in total. The summed E-state index contributed by atoms with van der Waals surface area (Å²) < 4.78 is 16.9. The number of benzene rings is 1. The van der Waals surface area contributed by atoms with Crippen LogP contribution in [0.3, 0.4) is 0 Å². The standard InChI is InChI=1S/C14H20N2O3/c1-16-4-5-17-10-14(16,9-15)11-2-3-12-13(8-11)19-7-6-18-12/h2-3,8H,4-7,9-10,15H2,1H3. The number of hydrogen-bond acceptors (Lipinski definition) is 5. The molecule has 0 saturated carbocycles. The van der Waals surface area contributed by atoms with Gasteiger partial charge in [-0.05, 0) is 24.7 Å². The minimum atomic E-state index is -0.270. The van der Waals surface area contributed by atoms with Gasteiger partial charge < -0.3 is 19.9 Å². The largest absolute Gasteiger partial charge is 0.486 e. The quantitative estimate of drug-likeness (QED) is 0.846. The predicted octanol–water partition coefficient (Wildman–Crippen LogP) is 0.574. The normalized spacial score (nSPS) is 27.3. The lowest BCUT2D eigenvalue weighted by Crippen LogP contribution is -2.56. The van der Waals surface area contributed by atoms with Crippen molar-refractivity contribution in [3.05, 3.63) is 23.8 Å². The lowest BCUT2D eigenvalue weighted by Gasteiger charge is -2.44. The third kappa shape index (κ3) is 2.08. The predicted molar refractivity (Wildman–Crippen MR) is 71.6 cm³/mol. The van der Waals surface area contributed by atoms with Crippen molar-refractivity contribution in [3.8, 4) is 11.5 Å². The van der Waals surface area contributed by atoms with E-state index in [9.17, 15) is 0 Å². The van der Waals surface area contributed by atoms with Crippen LogP contribution in [0.4, 0.5) is 0 Å². The van der Waals surface area contributed by atoms with Gasteiger partial charge in [0.25, 0.3) is 0 Å². The molecule has 1 aromatic carbocycles. The molecule has 0 radical (unpaired) electrons. The summed E-state index contributed by atoms with van der Waals surface area (Å²) in [6.45, 7) is 3.97. The molecule has 0 amide bonds. The summed E-state index contributed by atoms with van der Waals surface area (Å²) >= 11 is 0. The molecule has 0 spiro atoms. The third-order valence-electron chi connectivity index (χ3n) is 4.06. The second-order valence-electron chi connectivity index (χ2n) is 5.07. The van der Waals surface area contributed by atoms with E-state index in [0.717, 1.165) is 30.2 Å². The molecule has 5 heteroatoms. The Morgan fingerprint density at radius 1 is 1.21 bits per heavy atom. The number of nitrogens with two attached hydrogens (primary N) is 1. The van der Waals surface area contributed by atoms with Gasteiger partial charge in [-0.2, -0.15) is 0 Å². The summed E-state index contributed by atoms with van der Waals surface area (Å²) in [5, 5.41) is 0. The molecular weight excluding hydrogens is 244 g/mol. The molecule has 0 aromatic heterocycles. The maximum Gasteiger partial charge on any atom is 0.161 e. The fraction of sp³-hybridized carbons (Fsp3) is 0.571. The molecule has 2 aliphatic heterocycles. The third-order valence-corrected chi connectivity index (χ3v) is 4.06. The molecule has 2 heterocycles. The molecule has 1 saturated heterocycles. The van der Waals surface area contributed by atoms with Gasteiger partial charge in [-0.15, -0.1) is 0 Å². The van der Waals surface area contributed by atoms with Gasteiger partial charge in [0.2, 0.25) is 0 Å². The van der Waals surface area contributed by atoms with E-state index in [1.54, 1.807) is 0 Å². The van der Waals surface area contributed by atoms with Crippen molar-refractivity contribution in [3.63, 3.8) is 0 Å². The van der Waals surface area contributed by atoms with Crippen LogP contribution in [0.1, 0.15) is 5.56 Å². The van der Waals surface area contributed by atoms with Crippen LogP contribution >= 0.6 is 0 Å². The van der Waals surface area contributed by atoms with Crippen LogP contribution in [-0.4, -0.2) is 51.5 Å². The lowest BCUT2D eigenvalue weighted by molar-refractivity contribution is -0.0550. The first-order chi connectivity index (χ1) is 9.26. The number of rotatable bonds is 2. The zero-order valence-electron chi connectivity index (χ0n) is 11.2. The van der Waals surface area contributed by atoms with Crippen LogP contribution in [0.15, 0.2) is 18.2 Å². The van der Waals surface area contributed by atoms with Gasteiger partial charge in [0, 0.05) is 13.1 Å². The minimum absolute atomic E-state index is 0.270. The molecule has 1 unspecified atom stereocenters. The molecule has 19 heavy (non-hydrogen) atoms. The number of fused-ring (bicyclic) bond motifs is 1. The summed E-state index contributed by atoms with van der Waals surface area (Å²) in [4.78, 5) is 2.27. The molecule has 1 fully saturated rings. The van der Waals surface area contributed by atoms with Gasteiger partial charge in [0.15, 0.2) is 11.5 Å². The topological polar surface area (TPSA) is 57.0 Å². The fourth-order valence-electron chi connectivity index (χ4n) is 2.74. The second kappa shape index (κ2) is 5.00. The first-order valence-electron chi connectivity index (χ1n) is 6.65. The van der Waals surface area contributed by atoms with Gasteiger partial charge >= 0.3 is 0 Å². The maximum atomic E-state index is 6.04. The Morgan fingerprint density at radius 3 is 2.74 bits per heavy atom.